The van der Waals surface area contributed by atoms with Gasteiger partial charge in [-0.05, 0) is 18.2 Å². The van der Waals surface area contributed by atoms with Crippen molar-refractivity contribution in [3.05, 3.63) is 46.9 Å². The van der Waals surface area contributed by atoms with E-state index in [-0.39, 0.29) is 21.4 Å². The predicted octanol–water partition coefficient (Wildman–Crippen LogP) is 3.69. The predicted molar refractivity (Wildman–Crippen MR) is 73.7 cm³/mol. The Labute approximate surface area is 127 Å². The number of halogens is 4. The Morgan fingerprint density at radius 3 is 2.67 bits per heavy atom. The lowest BCUT2D eigenvalue weighted by Gasteiger charge is -2.11. The van der Waals surface area contributed by atoms with Gasteiger partial charge >= 0.3 is 6.18 Å². The van der Waals surface area contributed by atoms with Gasteiger partial charge in [0.2, 0.25) is 0 Å². The number of nitrogens with one attached hydrogen (secondary N) is 1. The number of anilines is 1. The molecule has 2 rings (SSSR count). The van der Waals surface area contributed by atoms with E-state index in [9.17, 15) is 18.0 Å². The molecule has 9 heteroatoms. The maximum absolute atomic E-state index is 12.6. The lowest BCUT2D eigenvalue weighted by atomic mass is 10.2. The van der Waals surface area contributed by atoms with E-state index in [0.29, 0.717) is 6.20 Å². The number of pyridine rings is 2. The highest BCUT2D eigenvalue weighted by molar-refractivity contribution is 7.80. The van der Waals surface area contributed by atoms with Gasteiger partial charge in [-0.25, -0.2) is 9.97 Å². The van der Waals surface area contributed by atoms with Crippen molar-refractivity contribution in [3.63, 3.8) is 0 Å². The van der Waals surface area contributed by atoms with E-state index in [2.05, 4.69) is 27.9 Å². The normalized spacial score (nSPS) is 11.3. The maximum atomic E-state index is 12.6. The van der Waals surface area contributed by atoms with Crippen molar-refractivity contribution in [2.24, 2.45) is 0 Å². The minimum absolute atomic E-state index is 0.0524. The molecule has 0 spiro atoms. The topological polar surface area (TPSA) is 54.9 Å². The first-order valence-corrected chi connectivity index (χ1v) is 6.29. The summed E-state index contributed by atoms with van der Waals surface area (Å²) >= 11 is 9.70. The summed E-state index contributed by atoms with van der Waals surface area (Å²) in [4.78, 5) is 19.2. The van der Waals surface area contributed by atoms with E-state index in [4.69, 9.17) is 11.6 Å². The summed E-state index contributed by atoms with van der Waals surface area (Å²) < 4.78 is 37.8. The molecule has 0 aliphatic rings. The van der Waals surface area contributed by atoms with Crippen LogP contribution in [0.4, 0.5) is 18.9 Å². The summed E-state index contributed by atoms with van der Waals surface area (Å²) in [5.74, 6) is -0.753. The molecule has 2 aromatic rings. The van der Waals surface area contributed by atoms with Crippen molar-refractivity contribution in [1.82, 2.24) is 9.97 Å². The molecule has 21 heavy (non-hydrogen) atoms. The minimum Gasteiger partial charge on any atom is -0.318 e. The van der Waals surface area contributed by atoms with Crippen LogP contribution < -0.4 is 5.32 Å². The van der Waals surface area contributed by atoms with Crippen LogP contribution in [0, 0.1) is 0 Å². The van der Waals surface area contributed by atoms with Crippen molar-refractivity contribution in [1.29, 1.82) is 0 Å². The van der Waals surface area contributed by atoms with Crippen molar-refractivity contribution >= 4 is 35.8 Å². The Morgan fingerprint density at radius 2 is 2.05 bits per heavy atom. The molecule has 0 radical (unpaired) electrons. The molecule has 1 amide bonds. The van der Waals surface area contributed by atoms with Gasteiger partial charge in [-0.1, -0.05) is 11.6 Å². The monoisotopic (exact) mass is 333 g/mol. The summed E-state index contributed by atoms with van der Waals surface area (Å²) in [5.41, 5.74) is -1.29. The van der Waals surface area contributed by atoms with Crippen LogP contribution in [-0.4, -0.2) is 15.9 Å². The molecule has 2 heterocycles. The van der Waals surface area contributed by atoms with Crippen LogP contribution in [0.15, 0.2) is 35.6 Å². The number of hydrogen-bond acceptors (Lipinski definition) is 4. The third-order valence-electron chi connectivity index (χ3n) is 2.42. The lowest BCUT2D eigenvalue weighted by Crippen LogP contribution is -2.16. The highest BCUT2D eigenvalue weighted by Crippen LogP contribution is 2.32. The first kappa shape index (κ1) is 15.6. The number of carbonyl (C=O) groups is 1. The molecule has 0 saturated carbocycles. The molecular weight excluding hydrogens is 327 g/mol. The van der Waals surface area contributed by atoms with Crippen molar-refractivity contribution in [3.8, 4) is 0 Å². The average molecular weight is 334 g/mol. The second-order valence-corrected chi connectivity index (χ2v) is 4.71. The molecule has 0 saturated heterocycles. The van der Waals surface area contributed by atoms with Crippen molar-refractivity contribution < 1.29 is 18.0 Å². The molecule has 0 bridgehead atoms. The molecule has 0 aromatic carbocycles. The summed E-state index contributed by atoms with van der Waals surface area (Å²) in [7, 11) is 0. The third-order valence-corrected chi connectivity index (χ3v) is 3.08. The van der Waals surface area contributed by atoms with E-state index in [0.717, 1.165) is 6.07 Å². The number of carbonyl (C=O) groups excluding carboxylic acids is 1. The zero-order valence-corrected chi connectivity index (χ0v) is 11.8. The van der Waals surface area contributed by atoms with Gasteiger partial charge in [-0.3, -0.25) is 4.79 Å². The molecule has 1 N–H and O–H groups in total. The van der Waals surface area contributed by atoms with Gasteiger partial charge in [0.05, 0.1) is 16.3 Å². The van der Waals surface area contributed by atoms with E-state index in [1.165, 1.54) is 18.3 Å². The molecule has 0 aliphatic carbocycles. The molecule has 0 atom stereocenters. The average Bonchev–Trinajstić information content (AvgIpc) is 2.40. The van der Waals surface area contributed by atoms with E-state index >= 15 is 0 Å². The van der Waals surface area contributed by atoms with Crippen LogP contribution in [0.2, 0.25) is 5.02 Å². The summed E-state index contributed by atoms with van der Waals surface area (Å²) in [6.45, 7) is 0. The summed E-state index contributed by atoms with van der Waals surface area (Å²) in [5, 5.41) is 2.28. The van der Waals surface area contributed by atoms with E-state index in [1.807, 2.05) is 0 Å². The largest absolute Gasteiger partial charge is 0.417 e. The van der Waals surface area contributed by atoms with Gasteiger partial charge in [-0.2, -0.15) is 13.2 Å². The highest BCUT2D eigenvalue weighted by Gasteiger charge is 2.31. The van der Waals surface area contributed by atoms with Gasteiger partial charge in [0.15, 0.2) is 0 Å². The number of hydrogen-bond donors (Lipinski definition) is 2. The zero-order chi connectivity index (χ0) is 15.6. The first-order valence-electron chi connectivity index (χ1n) is 5.47. The molecule has 2 aromatic heterocycles. The van der Waals surface area contributed by atoms with E-state index in [1.54, 1.807) is 0 Å². The molecule has 4 nitrogen and oxygen atoms in total. The van der Waals surface area contributed by atoms with Crippen molar-refractivity contribution in [2.45, 2.75) is 11.2 Å². The number of nitrogens with zero attached hydrogens (tertiary/aromatic N) is 2. The molecule has 0 unspecified atom stereocenters. The number of aromatic nitrogens is 2. The summed E-state index contributed by atoms with van der Waals surface area (Å²) in [6, 6.07) is 3.70. The first-order chi connectivity index (χ1) is 9.79. The number of rotatable bonds is 2. The maximum Gasteiger partial charge on any atom is 0.417 e. The smallest absolute Gasteiger partial charge is 0.318 e. The molecule has 110 valence electrons. The standard InChI is InChI=1S/C12H7ClF3N3OS/c13-7-2-1-3-17-9(7)10(20)19-8-4-6(12(14,15)16)5-18-11(8)21/h1-5H,(H,18,21)(H,19,20). The fourth-order valence-corrected chi connectivity index (χ4v) is 1.82. The van der Waals surface area contributed by atoms with Crippen LogP contribution in [-0.2, 0) is 6.18 Å². The minimum atomic E-state index is -4.57. The van der Waals surface area contributed by atoms with Crippen LogP contribution in [0.25, 0.3) is 0 Å². The van der Waals surface area contributed by atoms with Gasteiger partial charge in [0.1, 0.15) is 10.7 Å². The Kier molecular flexibility index (Phi) is 4.38. The molecule has 0 fully saturated rings. The third kappa shape index (κ3) is 3.64. The molecule has 0 aliphatic heterocycles. The van der Waals surface area contributed by atoms with Crippen LogP contribution in [0.1, 0.15) is 16.1 Å². The number of amides is 1. The Hall–Kier alpha value is -1.80. The number of thiol groups is 1. The lowest BCUT2D eigenvalue weighted by molar-refractivity contribution is -0.137. The number of alkyl halides is 3. The van der Waals surface area contributed by atoms with Gasteiger partial charge in [0.25, 0.3) is 5.91 Å². The Balaban J connectivity index is 2.31. The zero-order valence-electron chi connectivity index (χ0n) is 10.1. The van der Waals surface area contributed by atoms with Crippen molar-refractivity contribution in [2.75, 3.05) is 5.32 Å². The van der Waals surface area contributed by atoms with Gasteiger partial charge < -0.3 is 5.32 Å². The van der Waals surface area contributed by atoms with Gasteiger partial charge in [0, 0.05) is 12.4 Å². The van der Waals surface area contributed by atoms with Crippen LogP contribution in [0.5, 0.6) is 0 Å². The highest BCUT2D eigenvalue weighted by atomic mass is 35.5. The fraction of sp³-hybridized carbons (Fsp3) is 0.0833. The summed E-state index contributed by atoms with van der Waals surface area (Å²) in [6.07, 6.45) is -2.60. The second kappa shape index (κ2) is 5.90. The van der Waals surface area contributed by atoms with Gasteiger partial charge in [-0.15, -0.1) is 12.6 Å². The molecular formula is C12H7ClF3N3OS. The van der Waals surface area contributed by atoms with E-state index < -0.39 is 17.6 Å². The van der Waals surface area contributed by atoms with Crippen LogP contribution in [0.3, 0.4) is 0 Å². The second-order valence-electron chi connectivity index (χ2n) is 3.88. The Bertz CT molecular complexity index is 694. The van der Waals surface area contributed by atoms with Crippen LogP contribution >= 0.6 is 24.2 Å². The fourth-order valence-electron chi connectivity index (χ4n) is 1.44. The quantitative estimate of drug-likeness (QED) is 0.824. The SMILES string of the molecule is O=C(Nc1cc(C(F)(F)F)cnc1S)c1ncccc1Cl. The Morgan fingerprint density at radius 1 is 1.33 bits per heavy atom.